The highest BCUT2D eigenvalue weighted by molar-refractivity contribution is 6.67. The Balaban J connectivity index is 2.71. The zero-order valence-corrected chi connectivity index (χ0v) is 12.0. The Morgan fingerprint density at radius 3 is 2.30 bits per heavy atom. The summed E-state index contributed by atoms with van der Waals surface area (Å²) < 4.78 is 15.5. The van der Waals surface area contributed by atoms with Crippen LogP contribution >= 0.6 is 34.8 Å². The molecule has 0 bridgehead atoms. The number of carbonyl (C=O) groups is 2. The van der Waals surface area contributed by atoms with E-state index >= 15 is 0 Å². The molecule has 0 aromatic heterocycles. The quantitative estimate of drug-likeness (QED) is 0.823. The van der Waals surface area contributed by atoms with Crippen LogP contribution in [0.1, 0.15) is 11.6 Å². The van der Waals surface area contributed by atoms with E-state index < -0.39 is 34.3 Å². The fourth-order valence-electron chi connectivity index (χ4n) is 1.25. The summed E-state index contributed by atoms with van der Waals surface area (Å²) in [7, 11) is 0. The minimum Gasteiger partial charge on any atom is -0.479 e. The molecule has 1 atom stereocenters. The lowest BCUT2D eigenvalue weighted by Crippen LogP contribution is -2.35. The summed E-state index contributed by atoms with van der Waals surface area (Å²) in [5.41, 5.74) is 0.171. The lowest BCUT2D eigenvalue weighted by atomic mass is 10.1. The first kappa shape index (κ1) is 16.8. The van der Waals surface area contributed by atoms with Gasteiger partial charge in [0.05, 0.1) is 0 Å². The van der Waals surface area contributed by atoms with Crippen LogP contribution in [0.5, 0.6) is 0 Å². The maximum absolute atomic E-state index is 12.8. The van der Waals surface area contributed by atoms with Gasteiger partial charge in [-0.15, -0.1) is 0 Å². The molecule has 1 amide bonds. The van der Waals surface area contributed by atoms with Gasteiger partial charge in [0.2, 0.25) is 3.79 Å². The van der Waals surface area contributed by atoms with E-state index in [1.54, 1.807) is 0 Å². The second kappa shape index (κ2) is 6.97. The van der Waals surface area contributed by atoms with Gasteiger partial charge in [-0.25, -0.2) is 14.0 Å². The van der Waals surface area contributed by atoms with Gasteiger partial charge in [0.1, 0.15) is 12.4 Å². The van der Waals surface area contributed by atoms with E-state index in [0.717, 1.165) is 12.1 Å². The van der Waals surface area contributed by atoms with Gasteiger partial charge in [-0.2, -0.15) is 0 Å². The van der Waals surface area contributed by atoms with Crippen LogP contribution in [0, 0.1) is 5.82 Å². The van der Waals surface area contributed by atoms with Crippen LogP contribution in [-0.2, 0) is 9.53 Å². The van der Waals surface area contributed by atoms with Crippen LogP contribution in [0.4, 0.5) is 9.18 Å². The Bertz CT molecular complexity index is 489. The van der Waals surface area contributed by atoms with Gasteiger partial charge in [0.15, 0.2) is 6.04 Å². The molecular formula is C11H9Cl3FNO4. The number of benzene rings is 1. The molecule has 0 unspecified atom stereocenters. The number of nitrogens with one attached hydrogen (secondary N) is 1. The normalized spacial score (nSPS) is 12.6. The van der Waals surface area contributed by atoms with E-state index in [2.05, 4.69) is 10.1 Å². The van der Waals surface area contributed by atoms with Crippen molar-refractivity contribution in [2.24, 2.45) is 0 Å². The molecule has 0 aliphatic rings. The van der Waals surface area contributed by atoms with Crippen LogP contribution in [0.2, 0.25) is 0 Å². The monoisotopic (exact) mass is 343 g/mol. The van der Waals surface area contributed by atoms with E-state index in [1.165, 1.54) is 12.1 Å². The topological polar surface area (TPSA) is 75.6 Å². The van der Waals surface area contributed by atoms with E-state index in [-0.39, 0.29) is 5.56 Å². The van der Waals surface area contributed by atoms with Crippen molar-refractivity contribution in [1.29, 1.82) is 0 Å². The summed E-state index contributed by atoms with van der Waals surface area (Å²) in [6.45, 7) is -0.542. The molecule has 0 fully saturated rings. The van der Waals surface area contributed by atoms with Gasteiger partial charge in [-0.3, -0.25) is 0 Å². The average molecular weight is 345 g/mol. The fourth-order valence-corrected chi connectivity index (χ4v) is 1.41. The Morgan fingerprint density at radius 2 is 1.85 bits per heavy atom. The van der Waals surface area contributed by atoms with Gasteiger partial charge >= 0.3 is 12.1 Å². The largest absolute Gasteiger partial charge is 0.479 e. The summed E-state index contributed by atoms with van der Waals surface area (Å²) in [5, 5.41) is 11.1. The maximum Gasteiger partial charge on any atom is 0.408 e. The molecule has 2 N–H and O–H groups in total. The Labute approximate surface area is 128 Å². The van der Waals surface area contributed by atoms with Crippen LogP contribution in [0.15, 0.2) is 24.3 Å². The number of rotatable bonds is 4. The molecule has 0 spiro atoms. The molecule has 0 saturated heterocycles. The molecule has 9 heteroatoms. The van der Waals surface area contributed by atoms with Crippen LogP contribution in [0.25, 0.3) is 0 Å². The van der Waals surface area contributed by atoms with Crippen molar-refractivity contribution in [3.8, 4) is 0 Å². The zero-order chi connectivity index (χ0) is 15.3. The molecule has 1 aromatic rings. The fraction of sp³-hybridized carbons (Fsp3) is 0.273. The van der Waals surface area contributed by atoms with E-state index in [9.17, 15) is 14.0 Å². The Hall–Kier alpha value is -1.24. The van der Waals surface area contributed by atoms with E-state index in [1.807, 2.05) is 0 Å². The van der Waals surface area contributed by atoms with Crippen LogP contribution in [0.3, 0.4) is 0 Å². The predicted octanol–water partition coefficient (Wildman–Crippen LogP) is 3.05. The number of hydrogen-bond acceptors (Lipinski definition) is 3. The van der Waals surface area contributed by atoms with Crippen LogP contribution in [-0.4, -0.2) is 27.6 Å². The highest BCUT2D eigenvalue weighted by Crippen LogP contribution is 2.26. The number of aliphatic carboxylic acids is 1. The molecule has 0 radical (unpaired) electrons. The number of carboxylic acid groups (broad SMARTS) is 1. The van der Waals surface area contributed by atoms with Gasteiger partial charge in [-0.1, -0.05) is 46.9 Å². The SMILES string of the molecule is O=C(N[C@@H](C(=O)O)c1ccc(F)cc1)OCC(Cl)(Cl)Cl. The predicted molar refractivity (Wildman–Crippen MR) is 71.6 cm³/mol. The van der Waals surface area contributed by atoms with Gasteiger partial charge in [-0.05, 0) is 17.7 Å². The summed E-state index contributed by atoms with van der Waals surface area (Å²) in [6.07, 6.45) is -1.08. The summed E-state index contributed by atoms with van der Waals surface area (Å²) >= 11 is 16.1. The number of carbonyl (C=O) groups excluding carboxylic acids is 1. The average Bonchev–Trinajstić information content (AvgIpc) is 2.33. The van der Waals surface area contributed by atoms with Crippen LogP contribution < -0.4 is 5.32 Å². The highest BCUT2D eigenvalue weighted by atomic mass is 35.6. The van der Waals surface area contributed by atoms with Crippen molar-refractivity contribution in [2.45, 2.75) is 9.83 Å². The third kappa shape index (κ3) is 5.81. The number of amides is 1. The zero-order valence-electron chi connectivity index (χ0n) is 9.78. The lowest BCUT2D eigenvalue weighted by molar-refractivity contribution is -0.139. The molecule has 1 aromatic carbocycles. The summed E-state index contributed by atoms with van der Waals surface area (Å²) in [6, 6.07) is 3.18. The highest BCUT2D eigenvalue weighted by Gasteiger charge is 2.26. The molecule has 0 aliphatic carbocycles. The smallest absolute Gasteiger partial charge is 0.408 e. The van der Waals surface area contributed by atoms with Gasteiger partial charge in [0, 0.05) is 0 Å². The summed E-state index contributed by atoms with van der Waals surface area (Å²) in [5.74, 6) is -1.88. The Morgan fingerprint density at radius 1 is 1.30 bits per heavy atom. The lowest BCUT2D eigenvalue weighted by Gasteiger charge is -2.16. The van der Waals surface area contributed by atoms with Crippen molar-refractivity contribution in [1.82, 2.24) is 5.32 Å². The van der Waals surface area contributed by atoms with E-state index in [0.29, 0.717) is 0 Å². The molecule has 0 heterocycles. The molecule has 20 heavy (non-hydrogen) atoms. The second-order valence-electron chi connectivity index (χ2n) is 3.66. The minimum atomic E-state index is -1.80. The second-order valence-corrected chi connectivity index (χ2v) is 6.17. The number of alkyl halides is 3. The molecule has 5 nitrogen and oxygen atoms in total. The number of halogens is 4. The first-order chi connectivity index (χ1) is 9.19. The maximum atomic E-state index is 12.8. The number of ether oxygens (including phenoxy) is 1. The van der Waals surface area contributed by atoms with Gasteiger partial charge < -0.3 is 15.2 Å². The third-order valence-corrected chi connectivity index (χ3v) is 2.41. The van der Waals surface area contributed by atoms with Crippen molar-refractivity contribution < 1.29 is 23.8 Å². The van der Waals surface area contributed by atoms with Crippen molar-refractivity contribution in [3.05, 3.63) is 35.6 Å². The first-order valence-electron chi connectivity index (χ1n) is 5.17. The summed E-state index contributed by atoms with van der Waals surface area (Å²) in [4.78, 5) is 22.5. The van der Waals surface area contributed by atoms with Gasteiger partial charge in [0.25, 0.3) is 0 Å². The number of carboxylic acids is 1. The Kier molecular flexibility index (Phi) is 5.86. The molecule has 110 valence electrons. The molecule has 1 rings (SSSR count). The minimum absolute atomic E-state index is 0.171. The number of alkyl carbamates (subject to hydrolysis) is 1. The molecular weight excluding hydrogens is 335 g/mol. The first-order valence-corrected chi connectivity index (χ1v) is 6.31. The van der Waals surface area contributed by atoms with Crippen molar-refractivity contribution >= 4 is 46.9 Å². The van der Waals surface area contributed by atoms with E-state index in [4.69, 9.17) is 39.9 Å². The van der Waals surface area contributed by atoms with Crippen molar-refractivity contribution in [3.63, 3.8) is 0 Å². The number of hydrogen-bond donors (Lipinski definition) is 2. The molecule has 0 saturated carbocycles. The molecule has 0 aliphatic heterocycles. The standard InChI is InChI=1S/C11H9Cl3FNO4/c12-11(13,14)5-20-10(19)16-8(9(17)18)6-1-3-7(15)4-2-6/h1-4,8H,5H2,(H,16,19)(H,17,18)/t8-/m1/s1. The van der Waals surface area contributed by atoms with Crippen molar-refractivity contribution in [2.75, 3.05) is 6.61 Å². The third-order valence-electron chi connectivity index (χ3n) is 2.08.